The molecule has 0 spiro atoms. The van der Waals surface area contributed by atoms with Gasteiger partial charge in [-0.25, -0.2) is 0 Å². The van der Waals surface area contributed by atoms with E-state index in [0.29, 0.717) is 0 Å². The van der Waals surface area contributed by atoms with Gasteiger partial charge < -0.3 is 5.32 Å². The van der Waals surface area contributed by atoms with Crippen molar-refractivity contribution >= 4 is 17.7 Å². The number of hydrogen-bond acceptors (Lipinski definition) is 3. The fourth-order valence-electron chi connectivity index (χ4n) is 3.23. The zero-order valence-electron chi connectivity index (χ0n) is 14.7. The van der Waals surface area contributed by atoms with Gasteiger partial charge in [0.2, 0.25) is 5.91 Å². The molecule has 4 heteroatoms. The molecule has 0 saturated carbocycles. The van der Waals surface area contributed by atoms with Gasteiger partial charge in [-0.2, -0.15) is 0 Å². The highest BCUT2D eigenvalue weighted by Crippen LogP contribution is 2.23. The minimum absolute atomic E-state index is 0.0769. The summed E-state index contributed by atoms with van der Waals surface area (Å²) in [5, 5.41) is 3.18. The Morgan fingerprint density at radius 3 is 2.56 bits per heavy atom. The van der Waals surface area contributed by atoms with Crippen LogP contribution in [0.25, 0.3) is 0 Å². The van der Waals surface area contributed by atoms with Crippen LogP contribution in [0.1, 0.15) is 25.3 Å². The number of likely N-dealkylation sites (tertiary alicyclic amines) is 1. The molecule has 2 unspecified atom stereocenters. The number of nitrogens with one attached hydrogen (secondary N) is 1. The molecule has 1 saturated heterocycles. The van der Waals surface area contributed by atoms with Crippen LogP contribution >= 0.6 is 11.8 Å². The van der Waals surface area contributed by atoms with Crippen LogP contribution < -0.4 is 5.32 Å². The summed E-state index contributed by atoms with van der Waals surface area (Å²) in [5.74, 6) is 0.139. The molecule has 0 aromatic heterocycles. The average Bonchev–Trinajstić information content (AvgIpc) is 2.63. The SMILES string of the molecule is CC(Sc1ccccc1)C(=O)NC1CCCN(Cc2ccccc2)C1. The maximum Gasteiger partial charge on any atom is 0.233 e. The largest absolute Gasteiger partial charge is 0.351 e. The van der Waals surface area contributed by atoms with Crippen molar-refractivity contribution in [3.63, 3.8) is 0 Å². The summed E-state index contributed by atoms with van der Waals surface area (Å²) in [6, 6.07) is 20.9. The first-order valence-electron chi connectivity index (χ1n) is 8.99. The molecule has 2 aromatic rings. The van der Waals surface area contributed by atoms with E-state index in [1.807, 2.05) is 25.1 Å². The Hall–Kier alpha value is -1.78. The van der Waals surface area contributed by atoms with Gasteiger partial charge in [0.1, 0.15) is 0 Å². The Kier molecular flexibility index (Phi) is 6.54. The molecule has 0 aliphatic carbocycles. The second kappa shape index (κ2) is 9.07. The lowest BCUT2D eigenvalue weighted by atomic mass is 10.0. The number of hydrogen-bond donors (Lipinski definition) is 1. The van der Waals surface area contributed by atoms with Gasteiger partial charge >= 0.3 is 0 Å². The predicted octanol–water partition coefficient (Wildman–Crippen LogP) is 3.95. The summed E-state index contributed by atoms with van der Waals surface area (Å²) in [7, 11) is 0. The van der Waals surface area contributed by atoms with Gasteiger partial charge in [-0.1, -0.05) is 48.5 Å². The molecule has 25 heavy (non-hydrogen) atoms. The summed E-state index contributed by atoms with van der Waals surface area (Å²) >= 11 is 1.62. The molecule has 2 aromatic carbocycles. The molecule has 1 amide bonds. The zero-order chi connectivity index (χ0) is 17.5. The summed E-state index contributed by atoms with van der Waals surface area (Å²) in [6.07, 6.45) is 2.21. The van der Waals surface area contributed by atoms with Gasteiger partial charge in [-0.15, -0.1) is 11.8 Å². The van der Waals surface area contributed by atoms with Crippen LogP contribution in [0.2, 0.25) is 0 Å². The Morgan fingerprint density at radius 2 is 1.84 bits per heavy atom. The van der Waals surface area contributed by atoms with Crippen molar-refractivity contribution in [2.24, 2.45) is 0 Å². The molecular weight excluding hydrogens is 328 g/mol. The van der Waals surface area contributed by atoms with Crippen LogP contribution in [0.4, 0.5) is 0 Å². The van der Waals surface area contributed by atoms with Gasteiger partial charge in [0.25, 0.3) is 0 Å². The highest BCUT2D eigenvalue weighted by atomic mass is 32.2. The van der Waals surface area contributed by atoms with Gasteiger partial charge in [0.15, 0.2) is 0 Å². The van der Waals surface area contributed by atoms with E-state index in [2.05, 4.69) is 52.7 Å². The van der Waals surface area contributed by atoms with E-state index < -0.39 is 0 Å². The summed E-state index contributed by atoms with van der Waals surface area (Å²) in [6.45, 7) is 4.98. The maximum absolute atomic E-state index is 12.5. The second-order valence-corrected chi connectivity index (χ2v) is 8.06. The number of benzene rings is 2. The zero-order valence-corrected chi connectivity index (χ0v) is 15.5. The number of carbonyl (C=O) groups is 1. The number of rotatable bonds is 6. The van der Waals surface area contributed by atoms with Crippen molar-refractivity contribution in [3.05, 3.63) is 66.2 Å². The minimum atomic E-state index is -0.0769. The highest BCUT2D eigenvalue weighted by molar-refractivity contribution is 8.00. The normalized spacial score (nSPS) is 19.3. The monoisotopic (exact) mass is 354 g/mol. The second-order valence-electron chi connectivity index (χ2n) is 6.64. The van der Waals surface area contributed by atoms with E-state index in [-0.39, 0.29) is 17.2 Å². The molecule has 2 atom stereocenters. The van der Waals surface area contributed by atoms with Gasteiger partial charge in [0, 0.05) is 24.0 Å². The molecule has 1 aliphatic heterocycles. The minimum Gasteiger partial charge on any atom is -0.351 e. The van der Waals surface area contributed by atoms with Crippen molar-refractivity contribution < 1.29 is 4.79 Å². The van der Waals surface area contributed by atoms with Crippen LogP contribution in [-0.4, -0.2) is 35.2 Å². The van der Waals surface area contributed by atoms with Crippen LogP contribution in [0.15, 0.2) is 65.6 Å². The lowest BCUT2D eigenvalue weighted by Gasteiger charge is -2.33. The van der Waals surface area contributed by atoms with Crippen molar-refractivity contribution in [3.8, 4) is 0 Å². The number of thioether (sulfide) groups is 1. The summed E-state index contributed by atoms with van der Waals surface area (Å²) in [5.41, 5.74) is 1.34. The van der Waals surface area contributed by atoms with E-state index >= 15 is 0 Å². The molecule has 1 heterocycles. The molecule has 0 bridgehead atoms. The quantitative estimate of drug-likeness (QED) is 0.797. The lowest BCUT2D eigenvalue weighted by molar-refractivity contribution is -0.121. The summed E-state index contributed by atoms with van der Waals surface area (Å²) < 4.78 is 0. The van der Waals surface area contributed by atoms with Crippen LogP contribution in [-0.2, 0) is 11.3 Å². The van der Waals surface area contributed by atoms with Crippen LogP contribution in [0.3, 0.4) is 0 Å². The van der Waals surface area contributed by atoms with E-state index in [1.165, 1.54) is 5.56 Å². The van der Waals surface area contributed by atoms with Crippen molar-refractivity contribution in [2.45, 2.75) is 42.5 Å². The third-order valence-electron chi connectivity index (χ3n) is 4.53. The van der Waals surface area contributed by atoms with Gasteiger partial charge in [-0.3, -0.25) is 9.69 Å². The smallest absolute Gasteiger partial charge is 0.233 e. The standard InChI is InChI=1S/C21H26N2OS/c1-17(25-20-12-6-3-7-13-20)21(24)22-19-11-8-14-23(16-19)15-18-9-4-2-5-10-18/h2-7,9-10,12-13,17,19H,8,11,14-16H2,1H3,(H,22,24). The van der Waals surface area contributed by atoms with E-state index in [9.17, 15) is 4.79 Å². The fourth-order valence-corrected chi connectivity index (χ4v) is 4.13. The Labute approximate surface area is 154 Å². The first-order valence-corrected chi connectivity index (χ1v) is 9.87. The number of nitrogens with zero attached hydrogens (tertiary/aromatic N) is 1. The predicted molar refractivity (Wildman–Crippen MR) is 105 cm³/mol. The molecule has 1 fully saturated rings. The highest BCUT2D eigenvalue weighted by Gasteiger charge is 2.23. The number of piperidine rings is 1. The van der Waals surface area contributed by atoms with E-state index in [4.69, 9.17) is 0 Å². The first-order chi connectivity index (χ1) is 12.2. The Morgan fingerprint density at radius 1 is 1.16 bits per heavy atom. The van der Waals surface area contributed by atoms with Crippen LogP contribution in [0.5, 0.6) is 0 Å². The van der Waals surface area contributed by atoms with Gasteiger partial charge in [0.05, 0.1) is 5.25 Å². The maximum atomic E-state index is 12.5. The third kappa shape index (κ3) is 5.62. The molecule has 3 rings (SSSR count). The first kappa shape index (κ1) is 18.0. The number of carbonyl (C=O) groups excluding carboxylic acids is 1. The molecule has 0 radical (unpaired) electrons. The van der Waals surface area contributed by atoms with Crippen molar-refractivity contribution in [1.82, 2.24) is 10.2 Å². The Bertz CT molecular complexity index is 662. The topological polar surface area (TPSA) is 32.3 Å². The average molecular weight is 355 g/mol. The number of amides is 1. The summed E-state index contributed by atoms with van der Waals surface area (Å²) in [4.78, 5) is 16.1. The van der Waals surface area contributed by atoms with Crippen LogP contribution in [0, 0.1) is 0 Å². The van der Waals surface area contributed by atoms with E-state index in [1.54, 1.807) is 11.8 Å². The fraction of sp³-hybridized carbons (Fsp3) is 0.381. The molecular formula is C21H26N2OS. The third-order valence-corrected chi connectivity index (χ3v) is 5.64. The molecule has 1 aliphatic rings. The van der Waals surface area contributed by atoms with Crippen molar-refractivity contribution in [2.75, 3.05) is 13.1 Å². The van der Waals surface area contributed by atoms with Crippen molar-refractivity contribution in [1.29, 1.82) is 0 Å². The molecule has 3 nitrogen and oxygen atoms in total. The molecule has 1 N–H and O–H groups in total. The van der Waals surface area contributed by atoms with Gasteiger partial charge in [-0.05, 0) is 44.0 Å². The Balaban J connectivity index is 1.49. The molecule has 132 valence electrons. The van der Waals surface area contributed by atoms with E-state index in [0.717, 1.165) is 37.4 Å². The lowest BCUT2D eigenvalue weighted by Crippen LogP contribution is -2.49.